The number of hydrogen-bond acceptors (Lipinski definition) is 5. The normalized spacial score (nSPS) is 24.0. The Bertz CT molecular complexity index is 804. The summed E-state index contributed by atoms with van der Waals surface area (Å²) >= 11 is 5.96. The second kappa shape index (κ2) is 7.05. The molecule has 8 heteroatoms. The first-order valence-corrected chi connectivity index (χ1v) is 9.22. The fraction of sp³-hybridized carbons (Fsp3) is 0.421. The molecule has 2 fully saturated rings. The summed E-state index contributed by atoms with van der Waals surface area (Å²) in [5.41, 5.74) is 0.304. The molecule has 2 saturated heterocycles. The Hall–Kier alpha value is -2.25. The number of aliphatic hydroxyl groups is 1. The second-order valence-electron chi connectivity index (χ2n) is 7.30. The van der Waals surface area contributed by atoms with Crippen LogP contribution >= 0.6 is 11.6 Å². The molecule has 2 aliphatic rings. The van der Waals surface area contributed by atoms with Crippen molar-refractivity contribution in [2.75, 3.05) is 31.1 Å². The summed E-state index contributed by atoms with van der Waals surface area (Å²) in [4.78, 5) is 25.0. The number of hydrogen-bond donors (Lipinski definition) is 1. The number of nitrogens with zero attached hydrogens (tertiary/aromatic N) is 4. The standard InChI is InChI=1S/C19H20ClFN4O2/c20-14-3-1-13(2-4-14)7-19(18(27)24-9-15(21)16(26)10-24)11-25(12-19)17-8-22-5-6-23-17/h1-6,8,15-16,26H,7,9-12H2/t15-,16-/m1/s1. The highest BCUT2D eigenvalue weighted by molar-refractivity contribution is 6.30. The van der Waals surface area contributed by atoms with E-state index in [1.807, 2.05) is 17.0 Å². The third kappa shape index (κ3) is 3.49. The number of aromatic nitrogens is 2. The Kier molecular flexibility index (Phi) is 4.74. The first kappa shape index (κ1) is 18.1. The molecule has 0 aliphatic carbocycles. The highest BCUT2D eigenvalue weighted by atomic mass is 35.5. The van der Waals surface area contributed by atoms with E-state index < -0.39 is 17.7 Å². The lowest BCUT2D eigenvalue weighted by Crippen LogP contribution is -2.65. The number of halogens is 2. The van der Waals surface area contributed by atoms with Gasteiger partial charge in [-0.2, -0.15) is 0 Å². The molecule has 2 aliphatic heterocycles. The Morgan fingerprint density at radius 3 is 2.59 bits per heavy atom. The lowest BCUT2D eigenvalue weighted by atomic mass is 9.73. The molecular formula is C19H20ClFN4O2. The highest BCUT2D eigenvalue weighted by Gasteiger charge is 2.53. The maximum atomic E-state index is 13.8. The number of aliphatic hydroxyl groups excluding tert-OH is 1. The van der Waals surface area contributed by atoms with E-state index >= 15 is 0 Å². The molecule has 6 nitrogen and oxygen atoms in total. The zero-order valence-electron chi connectivity index (χ0n) is 14.6. The van der Waals surface area contributed by atoms with E-state index in [1.54, 1.807) is 30.7 Å². The van der Waals surface area contributed by atoms with Crippen LogP contribution in [0.1, 0.15) is 5.56 Å². The predicted molar refractivity (Wildman–Crippen MR) is 99.3 cm³/mol. The summed E-state index contributed by atoms with van der Waals surface area (Å²) in [6.07, 6.45) is 2.89. The zero-order valence-corrected chi connectivity index (χ0v) is 15.4. The predicted octanol–water partition coefficient (Wildman–Crippen LogP) is 1.72. The van der Waals surface area contributed by atoms with Crippen LogP contribution in [0.15, 0.2) is 42.9 Å². The molecule has 3 heterocycles. The summed E-state index contributed by atoms with van der Waals surface area (Å²) in [6.45, 7) is 0.911. The first-order chi connectivity index (χ1) is 13.0. The van der Waals surface area contributed by atoms with Gasteiger partial charge in [0.2, 0.25) is 5.91 Å². The van der Waals surface area contributed by atoms with E-state index in [2.05, 4.69) is 9.97 Å². The Morgan fingerprint density at radius 1 is 1.26 bits per heavy atom. The Morgan fingerprint density at radius 2 is 2.00 bits per heavy atom. The average molecular weight is 391 g/mol. The van der Waals surface area contributed by atoms with Crippen molar-refractivity contribution in [3.8, 4) is 0 Å². The van der Waals surface area contributed by atoms with Crippen molar-refractivity contribution in [2.45, 2.75) is 18.7 Å². The van der Waals surface area contributed by atoms with Gasteiger partial charge in [0.15, 0.2) is 0 Å². The lowest BCUT2D eigenvalue weighted by molar-refractivity contribution is -0.143. The van der Waals surface area contributed by atoms with Gasteiger partial charge in [-0.25, -0.2) is 9.37 Å². The van der Waals surface area contributed by atoms with Crippen LogP contribution < -0.4 is 4.90 Å². The van der Waals surface area contributed by atoms with Gasteiger partial charge in [-0.05, 0) is 24.1 Å². The van der Waals surface area contributed by atoms with E-state index in [0.717, 1.165) is 5.56 Å². The molecule has 27 heavy (non-hydrogen) atoms. The molecule has 4 rings (SSSR count). The van der Waals surface area contributed by atoms with Crippen molar-refractivity contribution in [3.05, 3.63) is 53.4 Å². The second-order valence-corrected chi connectivity index (χ2v) is 7.73. The topological polar surface area (TPSA) is 69.6 Å². The molecule has 1 aromatic carbocycles. The lowest BCUT2D eigenvalue weighted by Gasteiger charge is -2.50. The van der Waals surface area contributed by atoms with Gasteiger partial charge in [-0.15, -0.1) is 0 Å². The molecule has 0 unspecified atom stereocenters. The molecule has 0 bridgehead atoms. The number of carbonyl (C=O) groups is 1. The molecule has 2 atom stereocenters. The van der Waals surface area contributed by atoms with Crippen LogP contribution in [-0.2, 0) is 11.2 Å². The van der Waals surface area contributed by atoms with Crippen LogP contribution in [0, 0.1) is 5.41 Å². The van der Waals surface area contributed by atoms with Gasteiger partial charge in [0.25, 0.3) is 0 Å². The number of benzene rings is 1. The molecule has 0 spiro atoms. The van der Waals surface area contributed by atoms with E-state index in [0.29, 0.717) is 30.4 Å². The molecule has 1 amide bonds. The number of amides is 1. The highest BCUT2D eigenvalue weighted by Crippen LogP contribution is 2.39. The molecule has 1 aromatic heterocycles. The summed E-state index contributed by atoms with van der Waals surface area (Å²) in [7, 11) is 0. The van der Waals surface area contributed by atoms with Crippen molar-refractivity contribution in [1.29, 1.82) is 0 Å². The Labute approximate surface area is 161 Å². The number of alkyl halides is 1. The van der Waals surface area contributed by atoms with Crippen LogP contribution in [0.4, 0.5) is 10.2 Å². The Balaban J connectivity index is 1.56. The van der Waals surface area contributed by atoms with Crippen molar-refractivity contribution in [2.24, 2.45) is 5.41 Å². The van der Waals surface area contributed by atoms with E-state index in [-0.39, 0.29) is 19.0 Å². The van der Waals surface area contributed by atoms with Gasteiger partial charge in [0.1, 0.15) is 18.1 Å². The van der Waals surface area contributed by atoms with Crippen LogP contribution in [0.3, 0.4) is 0 Å². The minimum absolute atomic E-state index is 0.0352. The van der Waals surface area contributed by atoms with Gasteiger partial charge < -0.3 is 14.9 Å². The monoisotopic (exact) mass is 390 g/mol. The van der Waals surface area contributed by atoms with Crippen molar-refractivity contribution < 1.29 is 14.3 Å². The summed E-state index contributed by atoms with van der Waals surface area (Å²) in [6, 6.07) is 7.40. The maximum absolute atomic E-state index is 13.8. The van der Waals surface area contributed by atoms with Crippen LogP contribution in [-0.4, -0.2) is 64.3 Å². The van der Waals surface area contributed by atoms with Gasteiger partial charge >= 0.3 is 0 Å². The molecule has 0 radical (unpaired) electrons. The number of rotatable bonds is 4. The SMILES string of the molecule is O=C(N1C[C@@H](O)[C@H](F)C1)C1(Cc2ccc(Cl)cc2)CN(c2cnccn2)C1. The van der Waals surface area contributed by atoms with Crippen molar-refractivity contribution in [3.63, 3.8) is 0 Å². The molecule has 0 saturated carbocycles. The number of anilines is 1. The maximum Gasteiger partial charge on any atom is 0.232 e. The molecule has 2 aromatic rings. The fourth-order valence-corrected chi connectivity index (χ4v) is 3.99. The third-order valence-electron chi connectivity index (χ3n) is 5.28. The fourth-order valence-electron chi connectivity index (χ4n) is 3.86. The van der Waals surface area contributed by atoms with E-state index in [1.165, 1.54) is 4.90 Å². The minimum Gasteiger partial charge on any atom is -0.388 e. The van der Waals surface area contributed by atoms with E-state index in [9.17, 15) is 14.3 Å². The molecule has 142 valence electrons. The number of likely N-dealkylation sites (tertiary alicyclic amines) is 1. The van der Waals surface area contributed by atoms with Gasteiger partial charge in [0, 0.05) is 37.1 Å². The number of carbonyl (C=O) groups excluding carboxylic acids is 1. The van der Waals surface area contributed by atoms with Crippen LogP contribution in [0.5, 0.6) is 0 Å². The number of β-amino-alcohol motifs (C(OH)–C–C–N with tert-alkyl or cyclic N) is 1. The zero-order chi connectivity index (χ0) is 19.0. The average Bonchev–Trinajstić information content (AvgIpc) is 2.98. The van der Waals surface area contributed by atoms with Gasteiger partial charge in [0.05, 0.1) is 18.2 Å². The largest absolute Gasteiger partial charge is 0.388 e. The van der Waals surface area contributed by atoms with Crippen molar-refractivity contribution >= 4 is 23.3 Å². The molecule has 1 N–H and O–H groups in total. The van der Waals surface area contributed by atoms with Gasteiger partial charge in [-0.3, -0.25) is 9.78 Å². The third-order valence-corrected chi connectivity index (χ3v) is 5.53. The van der Waals surface area contributed by atoms with Crippen LogP contribution in [0.25, 0.3) is 0 Å². The smallest absolute Gasteiger partial charge is 0.232 e. The summed E-state index contributed by atoms with van der Waals surface area (Å²) in [5, 5.41) is 10.3. The summed E-state index contributed by atoms with van der Waals surface area (Å²) in [5.74, 6) is 0.582. The first-order valence-electron chi connectivity index (χ1n) is 8.84. The minimum atomic E-state index is -1.39. The quantitative estimate of drug-likeness (QED) is 0.860. The van der Waals surface area contributed by atoms with Gasteiger partial charge in [-0.1, -0.05) is 23.7 Å². The van der Waals surface area contributed by atoms with E-state index in [4.69, 9.17) is 11.6 Å². The van der Waals surface area contributed by atoms with Crippen molar-refractivity contribution in [1.82, 2.24) is 14.9 Å². The summed E-state index contributed by atoms with van der Waals surface area (Å²) < 4.78 is 13.8. The van der Waals surface area contributed by atoms with Crippen LogP contribution in [0.2, 0.25) is 5.02 Å². The molecular weight excluding hydrogens is 371 g/mol.